The number of aromatic nitrogens is 1. The predicted molar refractivity (Wildman–Crippen MR) is 128 cm³/mol. The van der Waals surface area contributed by atoms with E-state index in [2.05, 4.69) is 4.99 Å². The number of primary amides is 1. The van der Waals surface area contributed by atoms with Gasteiger partial charge in [-0.25, -0.2) is 9.38 Å². The van der Waals surface area contributed by atoms with Gasteiger partial charge in [0.1, 0.15) is 11.4 Å². The highest BCUT2D eigenvalue weighted by Gasteiger charge is 2.32. The highest BCUT2D eigenvalue weighted by Crippen LogP contribution is 2.27. The number of hydrogen-bond acceptors (Lipinski definition) is 5. The number of halogens is 2. The first-order valence-corrected chi connectivity index (χ1v) is 10.6. The van der Waals surface area contributed by atoms with E-state index in [0.29, 0.717) is 22.1 Å². The molecule has 1 aliphatic rings. The molecule has 1 aromatic heterocycles. The van der Waals surface area contributed by atoms with Gasteiger partial charge in [0.05, 0.1) is 5.69 Å². The zero-order valence-corrected chi connectivity index (χ0v) is 18.5. The summed E-state index contributed by atoms with van der Waals surface area (Å²) in [5.74, 6) is -2.20. The summed E-state index contributed by atoms with van der Waals surface area (Å²) in [6.45, 7) is 0.218. The summed E-state index contributed by atoms with van der Waals surface area (Å²) in [4.78, 5) is 43.1. The second-order valence-corrected chi connectivity index (χ2v) is 7.89. The fourth-order valence-corrected chi connectivity index (χ4v) is 3.80. The van der Waals surface area contributed by atoms with Crippen LogP contribution in [0.25, 0.3) is 5.69 Å². The highest BCUT2D eigenvalue weighted by molar-refractivity contribution is 6.51. The summed E-state index contributed by atoms with van der Waals surface area (Å²) in [5.41, 5.74) is 11.8. The topological polar surface area (TPSA) is 124 Å². The van der Waals surface area contributed by atoms with Crippen LogP contribution in [-0.4, -0.2) is 28.6 Å². The van der Waals surface area contributed by atoms with Crippen molar-refractivity contribution in [2.45, 2.75) is 6.42 Å². The van der Waals surface area contributed by atoms with E-state index in [1.807, 2.05) is 0 Å². The number of anilines is 1. The predicted octanol–water partition coefficient (Wildman–Crippen LogP) is 2.84. The quantitative estimate of drug-likeness (QED) is 0.558. The summed E-state index contributed by atoms with van der Waals surface area (Å²) in [7, 11) is 0. The minimum atomic E-state index is -0.869. The Morgan fingerprint density at radius 3 is 2.38 bits per heavy atom. The zero-order valence-electron chi connectivity index (χ0n) is 17.7. The van der Waals surface area contributed by atoms with Crippen LogP contribution in [0.15, 0.2) is 87.9 Å². The van der Waals surface area contributed by atoms with Crippen LogP contribution in [0, 0.1) is 5.82 Å². The maximum Gasteiger partial charge on any atom is 0.291 e. The number of hydrogen-bond donors (Lipinski definition) is 2. The van der Waals surface area contributed by atoms with Crippen molar-refractivity contribution >= 4 is 40.5 Å². The lowest BCUT2D eigenvalue weighted by atomic mass is 9.97. The van der Waals surface area contributed by atoms with E-state index in [-0.39, 0.29) is 29.9 Å². The van der Waals surface area contributed by atoms with E-state index in [4.69, 9.17) is 23.1 Å². The van der Waals surface area contributed by atoms with Crippen LogP contribution in [0.4, 0.5) is 15.8 Å². The molecule has 8 nitrogen and oxygen atoms in total. The van der Waals surface area contributed by atoms with Crippen molar-refractivity contribution in [1.82, 2.24) is 4.57 Å². The largest absolute Gasteiger partial charge is 0.394 e. The summed E-state index contributed by atoms with van der Waals surface area (Å²) >= 11 is 6.04. The number of amides is 2. The summed E-state index contributed by atoms with van der Waals surface area (Å²) in [6.07, 6.45) is 1.69. The summed E-state index contributed by atoms with van der Waals surface area (Å²) < 4.78 is 14.8. The molecule has 0 bridgehead atoms. The number of nitrogens with zero attached hydrogens (tertiary/aromatic N) is 3. The zero-order chi connectivity index (χ0) is 24.4. The van der Waals surface area contributed by atoms with E-state index in [0.717, 1.165) is 10.6 Å². The third kappa shape index (κ3) is 4.46. The molecule has 0 spiro atoms. The van der Waals surface area contributed by atoms with Gasteiger partial charge in [-0.3, -0.25) is 19.0 Å². The van der Waals surface area contributed by atoms with Crippen LogP contribution >= 0.6 is 11.6 Å². The van der Waals surface area contributed by atoms with Crippen LogP contribution in [0.2, 0.25) is 5.02 Å². The third-order valence-electron chi connectivity index (χ3n) is 5.30. The molecule has 4 N–H and O–H groups in total. The molecule has 10 heteroatoms. The molecule has 2 aromatic carbocycles. The molecule has 4 rings (SSSR count). The molecule has 0 radical (unpaired) electrons. The molecule has 1 saturated heterocycles. The van der Waals surface area contributed by atoms with Gasteiger partial charge in [0.15, 0.2) is 5.82 Å². The smallest absolute Gasteiger partial charge is 0.291 e. The fourth-order valence-electron chi connectivity index (χ4n) is 3.61. The molecule has 0 atom stereocenters. The Hall–Kier alpha value is -4.24. The normalized spacial score (nSPS) is 16.6. The van der Waals surface area contributed by atoms with E-state index in [9.17, 15) is 18.8 Å². The molecule has 34 heavy (non-hydrogen) atoms. The Balaban J connectivity index is 1.72. The minimum Gasteiger partial charge on any atom is -0.394 e. The van der Waals surface area contributed by atoms with Crippen molar-refractivity contribution in [3.8, 4) is 5.69 Å². The van der Waals surface area contributed by atoms with Gasteiger partial charge in [-0.2, -0.15) is 0 Å². The van der Waals surface area contributed by atoms with Crippen molar-refractivity contribution in [2.24, 2.45) is 16.5 Å². The molecule has 0 unspecified atom stereocenters. The molecule has 0 aliphatic carbocycles. The number of piperidine rings is 1. The Morgan fingerprint density at radius 2 is 1.71 bits per heavy atom. The van der Waals surface area contributed by atoms with Gasteiger partial charge < -0.3 is 16.4 Å². The van der Waals surface area contributed by atoms with Crippen molar-refractivity contribution in [1.29, 1.82) is 0 Å². The molecule has 172 valence electrons. The lowest BCUT2D eigenvalue weighted by Gasteiger charge is -2.30. The Labute approximate surface area is 198 Å². The standard InChI is InChI=1S/C24H19ClFN5O3/c25-14-3-1-4-15(13-14)29-21-18(20(27)22(28)32)10-12-31(24(21)34)17-8-6-16(7-9-17)30-11-2-5-19(26)23(30)33/h1-9,11,13H,10,12,27H2,(H2,28,32). The average Bonchev–Trinajstić information content (AvgIpc) is 2.82. The van der Waals surface area contributed by atoms with Gasteiger partial charge in [0.2, 0.25) is 0 Å². The van der Waals surface area contributed by atoms with Crippen molar-refractivity contribution < 1.29 is 14.0 Å². The van der Waals surface area contributed by atoms with Gasteiger partial charge in [0.25, 0.3) is 17.4 Å². The maximum atomic E-state index is 13.6. The monoisotopic (exact) mass is 479 g/mol. The van der Waals surface area contributed by atoms with Gasteiger partial charge in [-0.1, -0.05) is 17.7 Å². The van der Waals surface area contributed by atoms with Crippen molar-refractivity contribution in [2.75, 3.05) is 11.4 Å². The maximum absolute atomic E-state index is 13.6. The van der Waals surface area contributed by atoms with Gasteiger partial charge in [-0.15, -0.1) is 0 Å². The molecule has 2 heterocycles. The average molecular weight is 480 g/mol. The van der Waals surface area contributed by atoms with E-state index < -0.39 is 23.2 Å². The Kier molecular flexibility index (Phi) is 6.29. The molecule has 1 fully saturated rings. The lowest BCUT2D eigenvalue weighted by Crippen LogP contribution is -2.44. The fraction of sp³-hybridized carbons (Fsp3) is 0.0833. The third-order valence-corrected chi connectivity index (χ3v) is 5.53. The van der Waals surface area contributed by atoms with Gasteiger partial charge in [-0.05, 0) is 61.0 Å². The number of benzene rings is 2. The summed E-state index contributed by atoms with van der Waals surface area (Å²) in [5, 5.41) is 0.429. The van der Waals surface area contributed by atoms with E-state index >= 15 is 0 Å². The molecular formula is C24H19ClFN5O3. The minimum absolute atomic E-state index is 0.0183. The number of aliphatic imine (C=N–C) groups is 1. The van der Waals surface area contributed by atoms with Crippen LogP contribution < -0.4 is 21.9 Å². The first-order chi connectivity index (χ1) is 16.3. The highest BCUT2D eigenvalue weighted by atomic mass is 35.5. The Bertz CT molecular complexity index is 1410. The lowest BCUT2D eigenvalue weighted by molar-refractivity contribution is -0.114. The molecule has 1 aliphatic heterocycles. The van der Waals surface area contributed by atoms with Crippen LogP contribution in [0.1, 0.15) is 6.42 Å². The molecule has 3 aromatic rings. The van der Waals surface area contributed by atoms with E-state index in [1.54, 1.807) is 48.5 Å². The van der Waals surface area contributed by atoms with Crippen molar-refractivity contribution in [3.63, 3.8) is 0 Å². The number of nitrogens with two attached hydrogens (primary N) is 2. The number of carbonyl (C=O) groups is 2. The molecule has 2 amide bonds. The Morgan fingerprint density at radius 1 is 1.00 bits per heavy atom. The second kappa shape index (κ2) is 9.32. The van der Waals surface area contributed by atoms with E-state index in [1.165, 1.54) is 17.2 Å². The number of rotatable bonds is 4. The first kappa shape index (κ1) is 22.9. The van der Waals surface area contributed by atoms with Gasteiger partial charge >= 0.3 is 0 Å². The second-order valence-electron chi connectivity index (χ2n) is 7.45. The SMILES string of the molecule is NC(=O)C(N)=C1CCN(c2ccc(-n3cccc(F)c3=O)cc2)C(=O)C1=Nc1cccc(Cl)c1. The van der Waals surface area contributed by atoms with Crippen LogP contribution in [0.5, 0.6) is 0 Å². The van der Waals surface area contributed by atoms with Crippen LogP contribution in [-0.2, 0) is 9.59 Å². The molecular weight excluding hydrogens is 461 g/mol. The van der Waals surface area contributed by atoms with Gasteiger partial charge in [0, 0.05) is 34.7 Å². The van der Waals surface area contributed by atoms with Crippen LogP contribution in [0.3, 0.4) is 0 Å². The van der Waals surface area contributed by atoms with Crippen molar-refractivity contribution in [3.05, 3.63) is 99.3 Å². The molecule has 0 saturated carbocycles. The number of carbonyl (C=O) groups excluding carboxylic acids is 2. The summed E-state index contributed by atoms with van der Waals surface area (Å²) in [6, 6.07) is 15.6. The number of pyridine rings is 1. The first-order valence-electron chi connectivity index (χ1n) is 10.2.